The number of hydrogen-bond acceptors (Lipinski definition) is 1. The molecule has 0 spiro atoms. The summed E-state index contributed by atoms with van der Waals surface area (Å²) in [6, 6.07) is 3.43. The van der Waals surface area contributed by atoms with Gasteiger partial charge in [0.25, 0.3) is 0 Å². The summed E-state index contributed by atoms with van der Waals surface area (Å²) in [5, 5.41) is 1.20. The standard InChI is InChI=1S/C7H7Cl2N.C2H6/c1-4-5(8)2-3-6(10)7(4)9;1-2/h2-3H,10H2,1H3;1-2H3. The Morgan fingerprint density at radius 2 is 1.67 bits per heavy atom. The second kappa shape index (κ2) is 5.28. The largest absolute Gasteiger partial charge is 0.398 e. The lowest BCUT2D eigenvalue weighted by molar-refractivity contribution is 1.47. The van der Waals surface area contributed by atoms with E-state index in [9.17, 15) is 0 Å². The van der Waals surface area contributed by atoms with Crippen LogP contribution in [-0.2, 0) is 0 Å². The SMILES string of the molecule is CC.Cc1c(Cl)ccc(N)c1Cl. The maximum Gasteiger partial charge on any atom is 0.0679 e. The van der Waals surface area contributed by atoms with Gasteiger partial charge in [0.05, 0.1) is 10.7 Å². The average Bonchev–Trinajstić information content (AvgIpc) is 2.12. The zero-order valence-corrected chi connectivity index (χ0v) is 9.00. The molecule has 68 valence electrons. The van der Waals surface area contributed by atoms with Gasteiger partial charge in [0.1, 0.15) is 0 Å². The molecular weight excluding hydrogens is 193 g/mol. The van der Waals surface area contributed by atoms with Crippen molar-refractivity contribution in [3.8, 4) is 0 Å². The van der Waals surface area contributed by atoms with E-state index in [4.69, 9.17) is 28.9 Å². The zero-order valence-electron chi connectivity index (χ0n) is 7.49. The number of halogens is 2. The van der Waals surface area contributed by atoms with Crippen LogP contribution in [0.5, 0.6) is 0 Å². The third-order valence-electron chi connectivity index (χ3n) is 1.35. The first kappa shape index (κ1) is 11.6. The normalized spacial score (nSPS) is 8.75. The van der Waals surface area contributed by atoms with Crippen LogP contribution in [0.15, 0.2) is 12.1 Å². The molecule has 1 aromatic carbocycles. The van der Waals surface area contributed by atoms with E-state index in [0.29, 0.717) is 15.7 Å². The van der Waals surface area contributed by atoms with Gasteiger partial charge >= 0.3 is 0 Å². The predicted octanol–water partition coefficient (Wildman–Crippen LogP) is 3.91. The molecule has 3 heteroatoms. The Morgan fingerprint density at radius 3 is 2.08 bits per heavy atom. The fourth-order valence-electron chi connectivity index (χ4n) is 0.682. The summed E-state index contributed by atoms with van der Waals surface area (Å²) in [4.78, 5) is 0. The fraction of sp³-hybridized carbons (Fsp3) is 0.333. The molecule has 0 fully saturated rings. The maximum atomic E-state index is 5.77. The van der Waals surface area contributed by atoms with Crippen molar-refractivity contribution in [2.45, 2.75) is 20.8 Å². The number of benzene rings is 1. The molecule has 0 bridgehead atoms. The Labute approximate surface area is 83.5 Å². The van der Waals surface area contributed by atoms with E-state index in [-0.39, 0.29) is 0 Å². The first-order valence-corrected chi connectivity index (χ1v) is 4.58. The molecule has 0 heterocycles. The van der Waals surface area contributed by atoms with Gasteiger partial charge in [-0.05, 0) is 24.6 Å². The summed E-state index contributed by atoms with van der Waals surface area (Å²) in [6.07, 6.45) is 0. The van der Waals surface area contributed by atoms with Gasteiger partial charge in [-0.2, -0.15) is 0 Å². The molecule has 1 aromatic rings. The molecular formula is C9H13Cl2N. The Kier molecular flexibility index (Phi) is 5.11. The number of hydrogen-bond donors (Lipinski definition) is 1. The minimum Gasteiger partial charge on any atom is -0.398 e. The third kappa shape index (κ3) is 2.58. The van der Waals surface area contributed by atoms with Crippen LogP contribution in [0.2, 0.25) is 10.0 Å². The van der Waals surface area contributed by atoms with Crippen LogP contribution < -0.4 is 5.73 Å². The molecule has 0 amide bonds. The van der Waals surface area contributed by atoms with Crippen molar-refractivity contribution >= 4 is 28.9 Å². The van der Waals surface area contributed by atoms with Gasteiger partial charge in [-0.3, -0.25) is 0 Å². The smallest absolute Gasteiger partial charge is 0.0679 e. The predicted molar refractivity (Wildman–Crippen MR) is 57.0 cm³/mol. The van der Waals surface area contributed by atoms with E-state index in [1.807, 2.05) is 20.8 Å². The van der Waals surface area contributed by atoms with Crippen LogP contribution in [0.1, 0.15) is 19.4 Å². The van der Waals surface area contributed by atoms with Gasteiger partial charge in [0.15, 0.2) is 0 Å². The number of anilines is 1. The van der Waals surface area contributed by atoms with E-state index in [2.05, 4.69) is 0 Å². The lowest BCUT2D eigenvalue weighted by atomic mass is 10.2. The molecule has 2 N–H and O–H groups in total. The van der Waals surface area contributed by atoms with Gasteiger partial charge in [0.2, 0.25) is 0 Å². The van der Waals surface area contributed by atoms with Crippen molar-refractivity contribution in [1.82, 2.24) is 0 Å². The summed E-state index contributed by atoms with van der Waals surface area (Å²) in [5.41, 5.74) is 6.91. The maximum absolute atomic E-state index is 5.77. The summed E-state index contributed by atoms with van der Waals surface area (Å²) >= 11 is 11.5. The lowest BCUT2D eigenvalue weighted by Gasteiger charge is -2.02. The van der Waals surface area contributed by atoms with Crippen LogP contribution in [0, 0.1) is 6.92 Å². The van der Waals surface area contributed by atoms with Crippen LogP contribution in [0.3, 0.4) is 0 Å². The first-order valence-electron chi connectivity index (χ1n) is 3.83. The van der Waals surface area contributed by atoms with Crippen molar-refractivity contribution in [1.29, 1.82) is 0 Å². The Hall–Kier alpha value is -0.400. The highest BCUT2D eigenvalue weighted by Crippen LogP contribution is 2.28. The second-order valence-corrected chi connectivity index (χ2v) is 2.86. The Morgan fingerprint density at radius 1 is 1.17 bits per heavy atom. The quantitative estimate of drug-likeness (QED) is 0.640. The third-order valence-corrected chi connectivity index (χ3v) is 2.26. The second-order valence-electron chi connectivity index (χ2n) is 2.08. The van der Waals surface area contributed by atoms with Crippen molar-refractivity contribution in [3.63, 3.8) is 0 Å². The fourth-order valence-corrected chi connectivity index (χ4v) is 1.05. The first-order chi connectivity index (χ1) is 5.63. The molecule has 0 aromatic heterocycles. The molecule has 0 aliphatic heterocycles. The molecule has 0 atom stereocenters. The van der Waals surface area contributed by atoms with E-state index >= 15 is 0 Å². The van der Waals surface area contributed by atoms with E-state index < -0.39 is 0 Å². The monoisotopic (exact) mass is 205 g/mol. The summed E-state index contributed by atoms with van der Waals surface area (Å²) < 4.78 is 0. The van der Waals surface area contributed by atoms with Gasteiger partial charge in [-0.1, -0.05) is 37.0 Å². The van der Waals surface area contributed by atoms with Crippen molar-refractivity contribution in [3.05, 3.63) is 27.7 Å². The molecule has 1 nitrogen and oxygen atoms in total. The Balaban J connectivity index is 0.000000561. The van der Waals surface area contributed by atoms with Crippen LogP contribution in [0.4, 0.5) is 5.69 Å². The molecule has 0 saturated carbocycles. The zero-order chi connectivity index (χ0) is 9.72. The molecule has 0 unspecified atom stereocenters. The minimum atomic E-state index is 0.549. The molecule has 0 aliphatic carbocycles. The number of rotatable bonds is 0. The van der Waals surface area contributed by atoms with Gasteiger partial charge in [0, 0.05) is 5.02 Å². The van der Waals surface area contributed by atoms with Crippen molar-refractivity contribution in [2.75, 3.05) is 5.73 Å². The number of nitrogens with two attached hydrogens (primary N) is 1. The van der Waals surface area contributed by atoms with E-state index in [1.165, 1.54) is 0 Å². The highest BCUT2D eigenvalue weighted by atomic mass is 35.5. The molecule has 0 radical (unpaired) electrons. The van der Waals surface area contributed by atoms with Gasteiger partial charge in [-0.25, -0.2) is 0 Å². The molecule has 0 aliphatic rings. The summed E-state index contributed by atoms with van der Waals surface area (Å²) in [6.45, 7) is 5.83. The average molecular weight is 206 g/mol. The summed E-state index contributed by atoms with van der Waals surface area (Å²) in [5.74, 6) is 0. The van der Waals surface area contributed by atoms with Crippen LogP contribution >= 0.6 is 23.2 Å². The van der Waals surface area contributed by atoms with Gasteiger partial charge < -0.3 is 5.73 Å². The lowest BCUT2D eigenvalue weighted by Crippen LogP contribution is -1.88. The van der Waals surface area contributed by atoms with Crippen molar-refractivity contribution < 1.29 is 0 Å². The molecule has 12 heavy (non-hydrogen) atoms. The van der Waals surface area contributed by atoms with Crippen LogP contribution in [0.25, 0.3) is 0 Å². The molecule has 0 saturated heterocycles. The highest BCUT2D eigenvalue weighted by molar-refractivity contribution is 6.37. The summed E-state index contributed by atoms with van der Waals surface area (Å²) in [7, 11) is 0. The van der Waals surface area contributed by atoms with E-state index in [1.54, 1.807) is 12.1 Å². The highest BCUT2D eigenvalue weighted by Gasteiger charge is 2.02. The topological polar surface area (TPSA) is 26.0 Å². The van der Waals surface area contributed by atoms with Gasteiger partial charge in [-0.15, -0.1) is 0 Å². The van der Waals surface area contributed by atoms with Crippen molar-refractivity contribution in [2.24, 2.45) is 0 Å². The minimum absolute atomic E-state index is 0.549. The number of nitrogen functional groups attached to an aromatic ring is 1. The molecule has 1 rings (SSSR count). The van der Waals surface area contributed by atoms with E-state index in [0.717, 1.165) is 5.56 Å². The Bertz CT molecular complexity index is 232. The van der Waals surface area contributed by atoms with Crippen LogP contribution in [-0.4, -0.2) is 0 Å².